The molecule has 0 aliphatic carbocycles. The van der Waals surface area contributed by atoms with Gasteiger partial charge in [-0.2, -0.15) is 5.10 Å². The van der Waals surface area contributed by atoms with E-state index in [0.717, 1.165) is 34.6 Å². The number of hydrazone groups is 1. The number of rotatable bonds is 4. The number of para-hydroxylation sites is 1. The molecule has 2 heterocycles. The van der Waals surface area contributed by atoms with E-state index in [1.165, 1.54) is 7.11 Å². The zero-order chi connectivity index (χ0) is 21.4. The summed E-state index contributed by atoms with van der Waals surface area (Å²) in [7, 11) is 3.02. The number of ether oxygens (including phenoxy) is 3. The van der Waals surface area contributed by atoms with Crippen molar-refractivity contribution in [2.24, 2.45) is 5.10 Å². The second-order valence-corrected chi connectivity index (χ2v) is 7.48. The highest BCUT2D eigenvalue weighted by Crippen LogP contribution is 2.50. The molecule has 3 aromatic carbocycles. The lowest BCUT2D eigenvalue weighted by atomic mass is 9.95. The molecule has 2 atom stereocenters. The lowest BCUT2D eigenvalue weighted by molar-refractivity contribution is -0.0209. The standard InChI is InChI=1S/C25H22N2O4/c1-29-22-10-6-9-19-21-15-20(16-7-4-3-5-8-16)26-27(21)24(31-23(19)22)17-11-13-18(14-12-17)25(28)30-2/h3-14,21,24H,15H2,1-2H3. The van der Waals surface area contributed by atoms with Crippen LogP contribution < -0.4 is 9.47 Å². The van der Waals surface area contributed by atoms with Crippen molar-refractivity contribution in [1.82, 2.24) is 5.01 Å². The normalized spacial score (nSPS) is 19.0. The molecule has 2 aliphatic heterocycles. The van der Waals surface area contributed by atoms with Gasteiger partial charge in [-0.05, 0) is 23.8 Å². The van der Waals surface area contributed by atoms with Crippen LogP contribution in [0.4, 0.5) is 0 Å². The topological polar surface area (TPSA) is 60.4 Å². The van der Waals surface area contributed by atoms with Gasteiger partial charge in [0.2, 0.25) is 6.23 Å². The number of nitrogens with zero attached hydrogens (tertiary/aromatic N) is 2. The summed E-state index contributed by atoms with van der Waals surface area (Å²) in [6.45, 7) is 0. The lowest BCUT2D eigenvalue weighted by Gasteiger charge is -2.38. The minimum atomic E-state index is -0.443. The Labute approximate surface area is 180 Å². The minimum Gasteiger partial charge on any atom is -0.493 e. The van der Waals surface area contributed by atoms with Crippen molar-refractivity contribution in [3.63, 3.8) is 0 Å². The third-order valence-electron chi connectivity index (χ3n) is 5.72. The number of fused-ring (bicyclic) bond motifs is 3. The van der Waals surface area contributed by atoms with Crippen LogP contribution in [0.25, 0.3) is 0 Å². The third kappa shape index (κ3) is 3.30. The van der Waals surface area contributed by atoms with Crippen LogP contribution in [-0.2, 0) is 4.74 Å². The van der Waals surface area contributed by atoms with Crippen LogP contribution in [0.3, 0.4) is 0 Å². The average molecular weight is 414 g/mol. The summed E-state index contributed by atoms with van der Waals surface area (Å²) in [5, 5.41) is 6.97. The van der Waals surface area contributed by atoms with Crippen molar-refractivity contribution in [3.05, 3.63) is 95.1 Å². The van der Waals surface area contributed by atoms with Crippen molar-refractivity contribution in [3.8, 4) is 11.5 Å². The van der Waals surface area contributed by atoms with Crippen LogP contribution in [0.2, 0.25) is 0 Å². The molecule has 0 aromatic heterocycles. The lowest BCUT2D eigenvalue weighted by Crippen LogP contribution is -2.33. The highest BCUT2D eigenvalue weighted by molar-refractivity contribution is 6.02. The molecule has 0 saturated heterocycles. The van der Waals surface area contributed by atoms with Gasteiger partial charge in [-0.1, -0.05) is 54.6 Å². The van der Waals surface area contributed by atoms with Crippen LogP contribution in [0, 0.1) is 0 Å². The molecule has 0 bridgehead atoms. The Bertz CT molecular complexity index is 1140. The Kier molecular flexibility index (Phi) is 4.82. The van der Waals surface area contributed by atoms with Gasteiger partial charge < -0.3 is 14.2 Å². The molecule has 3 aromatic rings. The Morgan fingerprint density at radius 3 is 2.48 bits per heavy atom. The van der Waals surface area contributed by atoms with E-state index in [4.69, 9.17) is 19.3 Å². The first-order chi connectivity index (χ1) is 15.2. The summed E-state index contributed by atoms with van der Waals surface area (Å²) < 4.78 is 16.8. The molecule has 31 heavy (non-hydrogen) atoms. The molecule has 5 rings (SSSR count). The summed E-state index contributed by atoms with van der Waals surface area (Å²) in [6.07, 6.45) is 0.325. The van der Waals surface area contributed by atoms with Crippen molar-refractivity contribution < 1.29 is 19.0 Å². The highest BCUT2D eigenvalue weighted by atomic mass is 16.5. The third-order valence-corrected chi connectivity index (χ3v) is 5.72. The van der Waals surface area contributed by atoms with E-state index in [2.05, 4.69) is 18.2 Å². The van der Waals surface area contributed by atoms with E-state index >= 15 is 0 Å². The van der Waals surface area contributed by atoms with Gasteiger partial charge >= 0.3 is 5.97 Å². The first kappa shape index (κ1) is 19.2. The van der Waals surface area contributed by atoms with Gasteiger partial charge in [-0.15, -0.1) is 0 Å². The van der Waals surface area contributed by atoms with Crippen molar-refractivity contribution in [1.29, 1.82) is 0 Å². The summed E-state index contributed by atoms with van der Waals surface area (Å²) >= 11 is 0. The SMILES string of the molecule is COC(=O)c1ccc(C2Oc3c(OC)cccc3C3CC(c4ccccc4)=NN32)cc1. The van der Waals surface area contributed by atoms with Gasteiger partial charge in [0.05, 0.1) is 31.5 Å². The highest BCUT2D eigenvalue weighted by Gasteiger charge is 2.42. The number of esters is 1. The van der Waals surface area contributed by atoms with Crippen molar-refractivity contribution in [2.75, 3.05) is 14.2 Å². The van der Waals surface area contributed by atoms with Crippen molar-refractivity contribution >= 4 is 11.7 Å². The number of carbonyl (C=O) groups is 1. The Morgan fingerprint density at radius 1 is 1.00 bits per heavy atom. The molecule has 6 heteroatoms. The summed E-state index contributed by atoms with van der Waals surface area (Å²) in [5.74, 6) is 1.06. The molecule has 2 unspecified atom stereocenters. The molecule has 0 spiro atoms. The molecule has 0 N–H and O–H groups in total. The molecule has 0 radical (unpaired) electrons. The van der Waals surface area contributed by atoms with Crippen molar-refractivity contribution in [2.45, 2.75) is 18.7 Å². The predicted molar refractivity (Wildman–Crippen MR) is 116 cm³/mol. The Hall–Kier alpha value is -3.80. The van der Waals surface area contributed by atoms with E-state index < -0.39 is 6.23 Å². The molecular formula is C25H22N2O4. The van der Waals surface area contributed by atoms with Crippen LogP contribution in [-0.4, -0.2) is 30.9 Å². The minimum absolute atomic E-state index is 0.0272. The number of methoxy groups -OCH3 is 2. The summed E-state index contributed by atoms with van der Waals surface area (Å²) in [4.78, 5) is 11.8. The number of hydrogen-bond donors (Lipinski definition) is 0. The van der Waals surface area contributed by atoms with Gasteiger partial charge in [-0.3, -0.25) is 0 Å². The second kappa shape index (κ2) is 7.80. The van der Waals surface area contributed by atoms with Crippen LogP contribution in [0.15, 0.2) is 77.9 Å². The van der Waals surface area contributed by atoms with E-state index in [9.17, 15) is 4.79 Å². The van der Waals surface area contributed by atoms with Gasteiger partial charge in [0, 0.05) is 17.5 Å². The number of carbonyl (C=O) groups excluding carboxylic acids is 1. The van der Waals surface area contributed by atoms with Gasteiger partial charge in [-0.25, -0.2) is 9.80 Å². The van der Waals surface area contributed by atoms with E-state index in [1.807, 2.05) is 47.5 Å². The maximum absolute atomic E-state index is 11.8. The molecule has 156 valence electrons. The maximum Gasteiger partial charge on any atom is 0.337 e. The predicted octanol–water partition coefficient (Wildman–Crippen LogP) is 4.72. The van der Waals surface area contributed by atoms with Crippen LogP contribution in [0.1, 0.15) is 45.7 Å². The van der Waals surface area contributed by atoms with Gasteiger partial charge in [0.25, 0.3) is 0 Å². The Balaban J connectivity index is 1.58. The number of benzene rings is 3. The number of hydrogen-bond acceptors (Lipinski definition) is 6. The molecule has 6 nitrogen and oxygen atoms in total. The van der Waals surface area contributed by atoms with Crippen LogP contribution in [0.5, 0.6) is 11.5 Å². The zero-order valence-corrected chi connectivity index (χ0v) is 17.3. The Morgan fingerprint density at radius 2 is 1.77 bits per heavy atom. The second-order valence-electron chi connectivity index (χ2n) is 7.48. The first-order valence-electron chi connectivity index (χ1n) is 10.1. The zero-order valence-electron chi connectivity index (χ0n) is 17.3. The molecule has 0 fully saturated rings. The van der Waals surface area contributed by atoms with Gasteiger partial charge in [0.15, 0.2) is 11.5 Å². The quantitative estimate of drug-likeness (QED) is 0.578. The molecular weight excluding hydrogens is 392 g/mol. The van der Waals surface area contributed by atoms with Gasteiger partial charge in [0.1, 0.15) is 0 Å². The smallest absolute Gasteiger partial charge is 0.337 e. The summed E-state index contributed by atoms with van der Waals surface area (Å²) in [6, 6.07) is 23.4. The first-order valence-corrected chi connectivity index (χ1v) is 10.1. The summed E-state index contributed by atoms with van der Waals surface area (Å²) in [5.41, 5.74) is 4.55. The fourth-order valence-electron chi connectivity index (χ4n) is 4.17. The fraction of sp³-hybridized carbons (Fsp3) is 0.200. The maximum atomic E-state index is 11.8. The fourth-order valence-corrected chi connectivity index (χ4v) is 4.17. The molecule has 2 aliphatic rings. The van der Waals surface area contributed by atoms with Crippen LogP contribution >= 0.6 is 0 Å². The average Bonchev–Trinajstić information content (AvgIpc) is 3.29. The monoisotopic (exact) mass is 414 g/mol. The van der Waals surface area contributed by atoms with E-state index in [0.29, 0.717) is 11.3 Å². The van der Waals surface area contributed by atoms with E-state index in [1.54, 1.807) is 19.2 Å². The molecule has 0 saturated carbocycles. The largest absolute Gasteiger partial charge is 0.493 e. The van der Waals surface area contributed by atoms with E-state index in [-0.39, 0.29) is 12.0 Å². The molecule has 0 amide bonds.